The molecule has 0 aliphatic carbocycles. The van der Waals surface area contributed by atoms with E-state index in [9.17, 15) is 18.5 Å². The molecule has 2 N–H and O–H groups in total. The summed E-state index contributed by atoms with van der Waals surface area (Å²) in [5.74, 6) is 0.260. The topological polar surface area (TPSA) is 122 Å². The van der Waals surface area contributed by atoms with Crippen molar-refractivity contribution in [2.75, 3.05) is 19.5 Å². The van der Waals surface area contributed by atoms with Crippen LogP contribution < -0.4 is 14.6 Å². The molecule has 9 heteroatoms. The number of nitro benzene ring substituents is 1. The highest BCUT2D eigenvalue weighted by Crippen LogP contribution is 2.32. The van der Waals surface area contributed by atoms with E-state index >= 15 is 0 Å². The lowest BCUT2D eigenvalue weighted by atomic mass is 9.98. The molecule has 0 spiro atoms. The van der Waals surface area contributed by atoms with Crippen molar-refractivity contribution in [2.24, 2.45) is 10.6 Å². The van der Waals surface area contributed by atoms with Crippen LogP contribution in [0.25, 0.3) is 0 Å². The molecule has 0 amide bonds. The quantitative estimate of drug-likeness (QED) is 0.597. The van der Waals surface area contributed by atoms with Gasteiger partial charge in [-0.15, -0.1) is 0 Å². The van der Waals surface area contributed by atoms with E-state index in [1.807, 2.05) is 0 Å². The normalized spacial score (nSPS) is 12.0. The maximum absolute atomic E-state index is 11.1. The number of nitrogens with zero attached hydrogens (tertiary/aromatic N) is 1. The van der Waals surface area contributed by atoms with E-state index in [0.717, 1.165) is 0 Å². The van der Waals surface area contributed by atoms with Gasteiger partial charge in [0.2, 0.25) is 10.0 Å². The van der Waals surface area contributed by atoms with Crippen LogP contribution in [-0.4, -0.2) is 32.8 Å². The maximum atomic E-state index is 11.1. The minimum absolute atomic E-state index is 0.0671. The van der Waals surface area contributed by atoms with Crippen molar-refractivity contribution in [2.45, 2.75) is 13.8 Å². The summed E-state index contributed by atoms with van der Waals surface area (Å²) in [4.78, 5) is 10.1. The van der Waals surface area contributed by atoms with E-state index in [4.69, 9.17) is 14.6 Å². The lowest BCUT2D eigenvalue weighted by Gasteiger charge is -2.23. The predicted octanol–water partition coefficient (Wildman–Crippen LogP) is 1.30. The van der Waals surface area contributed by atoms with Crippen molar-refractivity contribution in [3.05, 3.63) is 28.3 Å². The smallest absolute Gasteiger partial charge is 0.273 e. The Morgan fingerprint density at radius 1 is 1.33 bits per heavy atom. The predicted molar refractivity (Wildman–Crippen MR) is 76.9 cm³/mol. The molecule has 0 saturated heterocycles. The molecule has 0 radical (unpaired) electrons. The second-order valence-corrected chi connectivity index (χ2v) is 6.97. The number of ether oxygens (including phenoxy) is 2. The summed E-state index contributed by atoms with van der Waals surface area (Å²) in [5.41, 5.74) is -0.830. The number of sulfonamides is 1. The van der Waals surface area contributed by atoms with Gasteiger partial charge in [0.1, 0.15) is 0 Å². The molecule has 21 heavy (non-hydrogen) atoms. The molecule has 0 aliphatic rings. The number of primary sulfonamides is 1. The molecule has 118 valence electrons. The third-order valence-electron chi connectivity index (χ3n) is 2.57. The number of hydrogen-bond acceptors (Lipinski definition) is 6. The third kappa shape index (κ3) is 5.56. The van der Waals surface area contributed by atoms with E-state index in [2.05, 4.69) is 0 Å². The first-order valence-corrected chi connectivity index (χ1v) is 7.71. The van der Waals surface area contributed by atoms with Crippen molar-refractivity contribution in [3.8, 4) is 11.5 Å². The zero-order valence-corrected chi connectivity index (χ0v) is 12.8. The Hall–Kier alpha value is -1.87. The van der Waals surface area contributed by atoms with E-state index in [-0.39, 0.29) is 23.8 Å². The molecule has 1 rings (SSSR count). The molecule has 0 unspecified atom stereocenters. The molecule has 8 nitrogen and oxygen atoms in total. The average molecular weight is 318 g/mol. The zero-order valence-electron chi connectivity index (χ0n) is 12.0. The highest BCUT2D eigenvalue weighted by molar-refractivity contribution is 7.89. The fraction of sp³-hybridized carbons (Fsp3) is 0.500. The number of rotatable bonds is 7. The Kier molecular flexibility index (Phi) is 5.13. The highest BCUT2D eigenvalue weighted by atomic mass is 32.2. The highest BCUT2D eigenvalue weighted by Gasteiger charge is 2.25. The minimum atomic E-state index is -3.62. The van der Waals surface area contributed by atoms with Crippen LogP contribution in [0.5, 0.6) is 11.5 Å². The summed E-state index contributed by atoms with van der Waals surface area (Å²) in [5, 5.41) is 15.7. The molecule has 0 aliphatic heterocycles. The van der Waals surface area contributed by atoms with Gasteiger partial charge in [-0.2, -0.15) is 0 Å². The van der Waals surface area contributed by atoms with Gasteiger partial charge in [0.25, 0.3) is 5.69 Å². The van der Waals surface area contributed by atoms with Crippen LogP contribution in [0.4, 0.5) is 5.69 Å². The lowest BCUT2D eigenvalue weighted by molar-refractivity contribution is -0.385. The third-order valence-corrected chi connectivity index (χ3v) is 3.75. The molecular formula is C12H18N2O6S. The van der Waals surface area contributed by atoms with Crippen LogP contribution in [0.2, 0.25) is 0 Å². The number of methoxy groups -OCH3 is 1. The summed E-state index contributed by atoms with van der Waals surface area (Å²) in [6.07, 6.45) is 0. The Balaban J connectivity index is 2.86. The Morgan fingerprint density at radius 3 is 2.43 bits per heavy atom. The fourth-order valence-corrected chi connectivity index (χ4v) is 2.92. The molecule has 1 aromatic rings. The SMILES string of the molecule is COc1cc([N+](=O)[O-])ccc1OCC(C)(C)CS(N)(=O)=O. The number of benzene rings is 1. The molecule has 0 fully saturated rings. The molecule has 1 aromatic carbocycles. The summed E-state index contributed by atoms with van der Waals surface area (Å²) in [6, 6.07) is 3.93. The largest absolute Gasteiger partial charge is 0.493 e. The zero-order chi connectivity index (χ0) is 16.3. The van der Waals surface area contributed by atoms with Crippen molar-refractivity contribution in [3.63, 3.8) is 0 Å². The monoisotopic (exact) mass is 318 g/mol. The van der Waals surface area contributed by atoms with Crippen molar-refractivity contribution in [1.29, 1.82) is 0 Å². The number of nitro groups is 1. The van der Waals surface area contributed by atoms with E-state index < -0.39 is 20.4 Å². The van der Waals surface area contributed by atoms with E-state index in [0.29, 0.717) is 5.75 Å². The number of nitrogens with two attached hydrogens (primary N) is 1. The molecule has 0 heterocycles. The molecule has 0 saturated carbocycles. The standard InChI is InChI=1S/C12H18N2O6S/c1-12(2,8-21(13,17)18)7-20-10-5-4-9(14(15)16)6-11(10)19-3/h4-6H,7-8H2,1-3H3,(H2,13,17,18). The van der Waals surface area contributed by atoms with Gasteiger partial charge in [-0.25, -0.2) is 13.6 Å². The Labute approximate surface area is 123 Å². The van der Waals surface area contributed by atoms with Crippen molar-refractivity contribution >= 4 is 15.7 Å². The summed E-state index contributed by atoms with van der Waals surface area (Å²) < 4.78 is 32.8. The molecule has 0 atom stereocenters. The number of hydrogen-bond donors (Lipinski definition) is 1. The Bertz CT molecular complexity index is 627. The fourth-order valence-electron chi connectivity index (χ4n) is 1.75. The van der Waals surface area contributed by atoms with Gasteiger partial charge in [0.05, 0.1) is 30.5 Å². The molecule has 0 bridgehead atoms. The van der Waals surface area contributed by atoms with Gasteiger partial charge in [-0.05, 0) is 6.07 Å². The van der Waals surface area contributed by atoms with Gasteiger partial charge in [-0.3, -0.25) is 10.1 Å². The van der Waals surface area contributed by atoms with Gasteiger partial charge in [0.15, 0.2) is 11.5 Å². The van der Waals surface area contributed by atoms with E-state index in [1.54, 1.807) is 13.8 Å². The van der Waals surface area contributed by atoms with Crippen molar-refractivity contribution < 1.29 is 22.8 Å². The minimum Gasteiger partial charge on any atom is -0.493 e. The molecular weight excluding hydrogens is 300 g/mol. The lowest BCUT2D eigenvalue weighted by Crippen LogP contribution is -2.33. The van der Waals surface area contributed by atoms with Gasteiger partial charge in [0, 0.05) is 11.5 Å². The summed E-state index contributed by atoms with van der Waals surface area (Å²) in [7, 11) is -2.26. The van der Waals surface area contributed by atoms with Gasteiger partial charge >= 0.3 is 0 Å². The van der Waals surface area contributed by atoms with Gasteiger partial charge < -0.3 is 9.47 Å². The molecule has 0 aromatic heterocycles. The van der Waals surface area contributed by atoms with Crippen LogP contribution in [0.15, 0.2) is 18.2 Å². The summed E-state index contributed by atoms with van der Waals surface area (Å²) in [6.45, 7) is 3.45. The second-order valence-electron chi connectivity index (χ2n) is 5.35. The van der Waals surface area contributed by atoms with Crippen LogP contribution in [0.3, 0.4) is 0 Å². The first-order chi connectivity index (χ1) is 9.54. The Morgan fingerprint density at radius 2 is 1.95 bits per heavy atom. The first-order valence-electron chi connectivity index (χ1n) is 6.00. The van der Waals surface area contributed by atoms with Gasteiger partial charge in [-0.1, -0.05) is 13.8 Å². The second kappa shape index (κ2) is 6.27. The average Bonchev–Trinajstić information content (AvgIpc) is 2.33. The van der Waals surface area contributed by atoms with Crippen LogP contribution in [-0.2, 0) is 10.0 Å². The van der Waals surface area contributed by atoms with E-state index in [1.165, 1.54) is 25.3 Å². The summed E-state index contributed by atoms with van der Waals surface area (Å²) >= 11 is 0. The van der Waals surface area contributed by atoms with Crippen molar-refractivity contribution in [1.82, 2.24) is 0 Å². The van der Waals surface area contributed by atoms with Crippen LogP contribution >= 0.6 is 0 Å². The van der Waals surface area contributed by atoms with Crippen LogP contribution in [0, 0.1) is 15.5 Å². The number of non-ortho nitro benzene ring substituents is 1. The first kappa shape index (κ1) is 17.2. The maximum Gasteiger partial charge on any atom is 0.273 e. The van der Waals surface area contributed by atoms with Crippen LogP contribution in [0.1, 0.15) is 13.8 Å².